The Morgan fingerprint density at radius 3 is 2.47 bits per heavy atom. The van der Waals surface area contributed by atoms with Crippen LogP contribution in [0.2, 0.25) is 0 Å². The summed E-state index contributed by atoms with van der Waals surface area (Å²) < 4.78 is 39.5. The van der Waals surface area contributed by atoms with Crippen LogP contribution in [0.4, 0.5) is 10.1 Å². The highest BCUT2D eigenvalue weighted by Crippen LogP contribution is 2.16. The molecule has 0 radical (unpaired) electrons. The first-order valence-corrected chi connectivity index (χ1v) is 6.93. The smallest absolute Gasteiger partial charge is 0.282 e. The minimum absolute atomic E-state index is 0.322. The molecule has 0 saturated carbocycles. The van der Waals surface area contributed by atoms with E-state index in [1.165, 1.54) is 12.3 Å². The van der Waals surface area contributed by atoms with Gasteiger partial charge < -0.3 is 5.73 Å². The van der Waals surface area contributed by atoms with Crippen molar-refractivity contribution in [3.05, 3.63) is 54.0 Å². The van der Waals surface area contributed by atoms with E-state index in [4.69, 9.17) is 5.73 Å². The number of hydrogen-bond donors (Lipinski definition) is 2. The molecule has 2 aromatic rings. The zero-order valence-corrected chi connectivity index (χ0v) is 10.7. The van der Waals surface area contributed by atoms with Gasteiger partial charge in [-0.15, -0.1) is 0 Å². The van der Waals surface area contributed by atoms with Gasteiger partial charge in [0.05, 0.1) is 0 Å². The standard InChI is InChI=1S/C12H12FN3O2S/c13-11-2-1-7-15-12(11)19(17,18)16-10-5-3-9(8-14)4-6-10/h1-7,16H,8,14H2. The van der Waals surface area contributed by atoms with E-state index in [0.29, 0.717) is 12.2 Å². The highest BCUT2D eigenvalue weighted by Gasteiger charge is 2.20. The van der Waals surface area contributed by atoms with Gasteiger partial charge >= 0.3 is 0 Å². The molecule has 0 unspecified atom stereocenters. The Bertz CT molecular complexity index is 672. The largest absolute Gasteiger partial charge is 0.326 e. The number of halogens is 1. The highest BCUT2D eigenvalue weighted by molar-refractivity contribution is 7.92. The monoisotopic (exact) mass is 281 g/mol. The minimum Gasteiger partial charge on any atom is -0.326 e. The average molecular weight is 281 g/mol. The summed E-state index contributed by atoms with van der Waals surface area (Å²) >= 11 is 0. The molecule has 7 heteroatoms. The maximum Gasteiger partial charge on any atom is 0.282 e. The van der Waals surface area contributed by atoms with Crippen molar-refractivity contribution < 1.29 is 12.8 Å². The van der Waals surface area contributed by atoms with E-state index in [1.54, 1.807) is 24.3 Å². The second-order valence-electron chi connectivity index (χ2n) is 3.80. The van der Waals surface area contributed by atoms with Gasteiger partial charge in [-0.2, -0.15) is 8.42 Å². The number of nitrogens with zero attached hydrogens (tertiary/aromatic N) is 1. The molecular weight excluding hydrogens is 269 g/mol. The number of hydrogen-bond acceptors (Lipinski definition) is 4. The summed E-state index contributed by atoms with van der Waals surface area (Å²) in [6.45, 7) is 0.363. The molecule has 0 amide bonds. The lowest BCUT2D eigenvalue weighted by molar-refractivity contribution is 0.557. The van der Waals surface area contributed by atoms with Crippen LogP contribution in [0.5, 0.6) is 0 Å². The van der Waals surface area contributed by atoms with E-state index in [9.17, 15) is 12.8 Å². The van der Waals surface area contributed by atoms with Gasteiger partial charge in [0.2, 0.25) is 5.03 Å². The molecular formula is C12H12FN3O2S. The molecule has 0 saturated heterocycles. The molecule has 0 bridgehead atoms. The predicted octanol–water partition coefficient (Wildman–Crippen LogP) is 1.48. The van der Waals surface area contributed by atoms with Crippen molar-refractivity contribution in [3.63, 3.8) is 0 Å². The van der Waals surface area contributed by atoms with E-state index in [1.807, 2.05) is 0 Å². The van der Waals surface area contributed by atoms with Crippen molar-refractivity contribution >= 4 is 15.7 Å². The average Bonchev–Trinajstić information content (AvgIpc) is 2.39. The molecule has 2 rings (SSSR count). The molecule has 0 fully saturated rings. The maximum atomic E-state index is 13.4. The summed E-state index contributed by atoms with van der Waals surface area (Å²) in [6.07, 6.45) is 1.22. The van der Waals surface area contributed by atoms with Crippen molar-refractivity contribution in [1.82, 2.24) is 4.98 Å². The topological polar surface area (TPSA) is 85.1 Å². The fraction of sp³-hybridized carbons (Fsp3) is 0.0833. The SMILES string of the molecule is NCc1ccc(NS(=O)(=O)c2ncccc2F)cc1. The van der Waals surface area contributed by atoms with Crippen LogP contribution in [0.25, 0.3) is 0 Å². The molecule has 0 atom stereocenters. The summed E-state index contributed by atoms with van der Waals surface area (Å²) in [5.74, 6) is -0.895. The van der Waals surface area contributed by atoms with Gasteiger partial charge in [0, 0.05) is 18.4 Å². The van der Waals surface area contributed by atoms with Gasteiger partial charge in [-0.3, -0.25) is 4.72 Å². The van der Waals surface area contributed by atoms with Crippen LogP contribution in [0, 0.1) is 5.82 Å². The quantitative estimate of drug-likeness (QED) is 0.889. The van der Waals surface area contributed by atoms with E-state index >= 15 is 0 Å². The van der Waals surface area contributed by atoms with Crippen molar-refractivity contribution in [1.29, 1.82) is 0 Å². The lowest BCUT2D eigenvalue weighted by Crippen LogP contribution is -2.16. The van der Waals surface area contributed by atoms with Crippen molar-refractivity contribution in [2.45, 2.75) is 11.6 Å². The highest BCUT2D eigenvalue weighted by atomic mass is 32.2. The van der Waals surface area contributed by atoms with E-state index in [0.717, 1.165) is 11.6 Å². The van der Waals surface area contributed by atoms with Gasteiger partial charge in [0.25, 0.3) is 10.0 Å². The molecule has 1 aromatic heterocycles. The zero-order valence-electron chi connectivity index (χ0n) is 9.88. The number of nitrogens with one attached hydrogen (secondary N) is 1. The number of aromatic nitrogens is 1. The van der Waals surface area contributed by atoms with Crippen LogP contribution >= 0.6 is 0 Å². The molecule has 1 heterocycles. The summed E-state index contributed by atoms with van der Waals surface area (Å²) in [6, 6.07) is 8.85. The number of rotatable bonds is 4. The third-order valence-corrected chi connectivity index (χ3v) is 3.74. The lowest BCUT2D eigenvalue weighted by Gasteiger charge is -2.08. The van der Waals surface area contributed by atoms with Crippen molar-refractivity contribution in [2.24, 2.45) is 5.73 Å². The summed E-state index contributed by atoms with van der Waals surface area (Å²) in [4.78, 5) is 3.53. The predicted molar refractivity (Wildman–Crippen MR) is 69.3 cm³/mol. The maximum absolute atomic E-state index is 13.4. The number of pyridine rings is 1. The number of anilines is 1. The van der Waals surface area contributed by atoms with Crippen LogP contribution in [-0.4, -0.2) is 13.4 Å². The van der Waals surface area contributed by atoms with Crippen LogP contribution in [0.1, 0.15) is 5.56 Å². The molecule has 0 aliphatic heterocycles. The summed E-state index contributed by atoms with van der Waals surface area (Å²) in [5.41, 5.74) is 6.63. The molecule has 3 N–H and O–H groups in total. The second kappa shape index (κ2) is 5.33. The van der Waals surface area contributed by atoms with Crippen LogP contribution in [0.15, 0.2) is 47.6 Å². The van der Waals surface area contributed by atoms with E-state index in [2.05, 4.69) is 9.71 Å². The molecule has 0 aliphatic rings. The third kappa shape index (κ3) is 3.07. The normalized spacial score (nSPS) is 11.3. The minimum atomic E-state index is -4.03. The summed E-state index contributed by atoms with van der Waals surface area (Å²) in [5, 5.41) is -0.627. The fourth-order valence-corrected chi connectivity index (χ4v) is 2.55. The van der Waals surface area contributed by atoms with Crippen molar-refractivity contribution in [2.75, 3.05) is 4.72 Å². The fourth-order valence-electron chi connectivity index (χ4n) is 1.48. The van der Waals surface area contributed by atoms with Gasteiger partial charge in [-0.05, 0) is 29.8 Å². The first-order chi connectivity index (χ1) is 9.03. The van der Waals surface area contributed by atoms with Gasteiger partial charge in [0.1, 0.15) is 0 Å². The molecule has 0 aliphatic carbocycles. The first kappa shape index (κ1) is 13.4. The van der Waals surface area contributed by atoms with Gasteiger partial charge in [-0.25, -0.2) is 9.37 Å². The summed E-state index contributed by atoms with van der Waals surface area (Å²) in [7, 11) is -4.03. The molecule has 1 aromatic carbocycles. The van der Waals surface area contributed by atoms with Gasteiger partial charge in [0.15, 0.2) is 5.82 Å². The Morgan fingerprint density at radius 1 is 1.21 bits per heavy atom. The van der Waals surface area contributed by atoms with Gasteiger partial charge in [-0.1, -0.05) is 12.1 Å². The lowest BCUT2D eigenvalue weighted by atomic mass is 10.2. The Balaban J connectivity index is 2.28. The van der Waals surface area contributed by atoms with E-state index in [-0.39, 0.29) is 0 Å². The van der Waals surface area contributed by atoms with E-state index < -0.39 is 20.9 Å². The first-order valence-electron chi connectivity index (χ1n) is 5.45. The molecule has 19 heavy (non-hydrogen) atoms. The number of nitrogens with two attached hydrogens (primary N) is 1. The van der Waals surface area contributed by atoms with Crippen LogP contribution < -0.4 is 10.5 Å². The second-order valence-corrected chi connectivity index (χ2v) is 5.39. The van der Waals surface area contributed by atoms with Crippen molar-refractivity contribution in [3.8, 4) is 0 Å². The Hall–Kier alpha value is -1.99. The van der Waals surface area contributed by atoms with Crippen LogP contribution in [-0.2, 0) is 16.6 Å². The zero-order chi connectivity index (χ0) is 13.9. The Labute approximate surface area is 110 Å². The van der Waals surface area contributed by atoms with Crippen LogP contribution in [0.3, 0.4) is 0 Å². The number of benzene rings is 1. The molecule has 5 nitrogen and oxygen atoms in total. The third-order valence-electron chi connectivity index (χ3n) is 2.42. The Kier molecular flexibility index (Phi) is 3.77. The molecule has 0 spiro atoms. The number of sulfonamides is 1. The molecule has 100 valence electrons. The Morgan fingerprint density at radius 2 is 1.89 bits per heavy atom.